The zero-order chi connectivity index (χ0) is 20.5. The van der Waals surface area contributed by atoms with Gasteiger partial charge in [0, 0.05) is 6.54 Å². The molecule has 2 N–H and O–H groups in total. The van der Waals surface area contributed by atoms with Gasteiger partial charge in [0.1, 0.15) is 11.5 Å². The van der Waals surface area contributed by atoms with E-state index in [2.05, 4.69) is 20.1 Å². The first-order valence-electron chi connectivity index (χ1n) is 8.21. The molecule has 0 atom stereocenters. The summed E-state index contributed by atoms with van der Waals surface area (Å²) in [5.41, 5.74) is 1.07. The van der Waals surface area contributed by atoms with Gasteiger partial charge < -0.3 is 20.1 Å². The van der Waals surface area contributed by atoms with Crippen molar-refractivity contribution in [3.05, 3.63) is 77.2 Å². The Bertz CT molecular complexity index is 894. The summed E-state index contributed by atoms with van der Waals surface area (Å²) in [5.74, 6) is -2.34. The third-order valence-corrected chi connectivity index (χ3v) is 3.68. The van der Waals surface area contributed by atoms with Gasteiger partial charge in [-0.25, -0.2) is 14.0 Å². The van der Waals surface area contributed by atoms with Crippen molar-refractivity contribution in [3.8, 4) is 0 Å². The maximum atomic E-state index is 13.0. The van der Waals surface area contributed by atoms with Crippen molar-refractivity contribution in [3.63, 3.8) is 0 Å². The van der Waals surface area contributed by atoms with Crippen molar-refractivity contribution in [2.45, 2.75) is 6.54 Å². The van der Waals surface area contributed by atoms with Gasteiger partial charge in [-0.1, -0.05) is 24.3 Å². The lowest BCUT2D eigenvalue weighted by molar-refractivity contribution is -0.138. The third kappa shape index (κ3) is 5.66. The summed E-state index contributed by atoms with van der Waals surface area (Å²) in [6.07, 6.45) is 0.930. The van der Waals surface area contributed by atoms with Gasteiger partial charge in [-0.2, -0.15) is 0 Å². The Kier molecular flexibility index (Phi) is 7.27. The first-order valence-corrected chi connectivity index (χ1v) is 8.21. The molecule has 0 fully saturated rings. The Morgan fingerprint density at radius 2 is 1.68 bits per heavy atom. The summed E-state index contributed by atoms with van der Waals surface area (Å²) >= 11 is 0. The summed E-state index contributed by atoms with van der Waals surface area (Å²) in [5, 5.41) is 5.44. The Morgan fingerprint density at radius 3 is 2.32 bits per heavy atom. The summed E-state index contributed by atoms with van der Waals surface area (Å²) in [6.45, 7) is 0.190. The second-order valence-corrected chi connectivity index (χ2v) is 5.55. The van der Waals surface area contributed by atoms with Gasteiger partial charge in [-0.3, -0.25) is 4.79 Å². The maximum absolute atomic E-state index is 13.0. The highest BCUT2D eigenvalue weighted by Crippen LogP contribution is 2.18. The molecule has 2 rings (SSSR count). The minimum absolute atomic E-state index is 0.187. The monoisotopic (exact) mass is 386 g/mol. The summed E-state index contributed by atoms with van der Waals surface area (Å²) in [7, 11) is 2.33. The Labute approximate surface area is 161 Å². The van der Waals surface area contributed by atoms with Crippen LogP contribution < -0.4 is 10.6 Å². The quantitative estimate of drug-likeness (QED) is 0.561. The molecule has 0 heterocycles. The van der Waals surface area contributed by atoms with Gasteiger partial charge in [0.05, 0.1) is 31.5 Å². The minimum atomic E-state index is -0.799. The predicted octanol–water partition coefficient (Wildman–Crippen LogP) is 2.40. The zero-order valence-corrected chi connectivity index (χ0v) is 15.3. The molecule has 1 amide bonds. The lowest BCUT2D eigenvalue weighted by Crippen LogP contribution is -2.24. The van der Waals surface area contributed by atoms with E-state index in [0.717, 1.165) is 18.7 Å². The number of amides is 1. The van der Waals surface area contributed by atoms with E-state index in [-0.39, 0.29) is 23.6 Å². The molecular formula is C20H19FN2O5. The van der Waals surface area contributed by atoms with Gasteiger partial charge in [0.15, 0.2) is 0 Å². The van der Waals surface area contributed by atoms with E-state index in [1.54, 1.807) is 36.4 Å². The first-order chi connectivity index (χ1) is 13.4. The fourth-order valence-electron chi connectivity index (χ4n) is 2.25. The molecule has 0 bridgehead atoms. The van der Waals surface area contributed by atoms with Crippen molar-refractivity contribution in [2.24, 2.45) is 0 Å². The molecule has 2 aromatic rings. The highest BCUT2D eigenvalue weighted by molar-refractivity contribution is 6.03. The van der Waals surface area contributed by atoms with E-state index in [1.165, 1.54) is 19.2 Å². The van der Waals surface area contributed by atoms with E-state index < -0.39 is 17.8 Å². The number of esters is 2. The highest BCUT2D eigenvalue weighted by atomic mass is 19.1. The fourth-order valence-corrected chi connectivity index (χ4v) is 2.25. The van der Waals surface area contributed by atoms with E-state index in [4.69, 9.17) is 0 Å². The molecule has 0 saturated heterocycles. The SMILES string of the molecule is COC(=O)/C=C(/Nc1ccccc1C(=O)NCc1ccc(F)cc1)C(=O)OC. The molecule has 7 nitrogen and oxygen atoms in total. The number of nitrogens with one attached hydrogen (secondary N) is 2. The second kappa shape index (κ2) is 9.86. The largest absolute Gasteiger partial charge is 0.466 e. The number of rotatable bonds is 7. The molecule has 0 aromatic heterocycles. The smallest absolute Gasteiger partial charge is 0.354 e. The van der Waals surface area contributed by atoms with Crippen molar-refractivity contribution < 1.29 is 28.2 Å². The number of carbonyl (C=O) groups excluding carboxylic acids is 3. The summed E-state index contributed by atoms with van der Waals surface area (Å²) < 4.78 is 22.1. The zero-order valence-electron chi connectivity index (χ0n) is 15.3. The van der Waals surface area contributed by atoms with Gasteiger partial charge in [-0.15, -0.1) is 0 Å². The molecule has 28 heavy (non-hydrogen) atoms. The molecule has 0 spiro atoms. The molecular weight excluding hydrogens is 367 g/mol. The molecule has 146 valence electrons. The number of methoxy groups -OCH3 is 2. The normalized spacial score (nSPS) is 10.8. The first kappa shape index (κ1) is 20.6. The lowest BCUT2D eigenvalue weighted by Gasteiger charge is -2.13. The van der Waals surface area contributed by atoms with E-state index >= 15 is 0 Å². The number of carbonyl (C=O) groups is 3. The molecule has 0 saturated carbocycles. The number of hydrogen-bond acceptors (Lipinski definition) is 6. The van der Waals surface area contributed by atoms with Crippen molar-refractivity contribution >= 4 is 23.5 Å². The number of hydrogen-bond donors (Lipinski definition) is 2. The topological polar surface area (TPSA) is 93.7 Å². The molecule has 2 aromatic carbocycles. The van der Waals surface area contributed by atoms with E-state index in [1.807, 2.05) is 0 Å². The predicted molar refractivity (Wildman–Crippen MR) is 99.7 cm³/mol. The van der Waals surface area contributed by atoms with Crippen LogP contribution in [0.1, 0.15) is 15.9 Å². The van der Waals surface area contributed by atoms with E-state index in [9.17, 15) is 18.8 Å². The minimum Gasteiger partial charge on any atom is -0.466 e. The molecule has 0 radical (unpaired) electrons. The van der Waals surface area contributed by atoms with Crippen LogP contribution in [-0.2, 0) is 25.6 Å². The average Bonchev–Trinajstić information content (AvgIpc) is 2.72. The molecule has 0 aliphatic rings. The van der Waals surface area contributed by atoms with Crippen LogP contribution in [0.2, 0.25) is 0 Å². The van der Waals surface area contributed by atoms with Crippen LogP contribution in [-0.4, -0.2) is 32.1 Å². The van der Waals surface area contributed by atoms with Crippen LogP contribution >= 0.6 is 0 Å². The third-order valence-electron chi connectivity index (χ3n) is 3.68. The molecule has 0 aliphatic carbocycles. The molecule has 0 unspecified atom stereocenters. The Hall–Kier alpha value is -3.68. The van der Waals surface area contributed by atoms with Gasteiger partial charge in [0.25, 0.3) is 5.91 Å². The van der Waals surface area contributed by atoms with Gasteiger partial charge >= 0.3 is 11.9 Å². The van der Waals surface area contributed by atoms with E-state index in [0.29, 0.717) is 5.69 Å². The number of benzene rings is 2. The van der Waals surface area contributed by atoms with Crippen LogP contribution in [0, 0.1) is 5.82 Å². The second-order valence-electron chi connectivity index (χ2n) is 5.55. The Morgan fingerprint density at radius 1 is 1.00 bits per heavy atom. The fraction of sp³-hybridized carbons (Fsp3) is 0.150. The van der Waals surface area contributed by atoms with Crippen LogP contribution in [0.15, 0.2) is 60.3 Å². The highest BCUT2D eigenvalue weighted by Gasteiger charge is 2.17. The van der Waals surface area contributed by atoms with Gasteiger partial charge in [-0.05, 0) is 29.8 Å². The number of para-hydroxylation sites is 1. The Balaban J connectivity index is 2.19. The van der Waals surface area contributed by atoms with Crippen LogP contribution in [0.5, 0.6) is 0 Å². The van der Waals surface area contributed by atoms with Crippen molar-refractivity contribution in [1.82, 2.24) is 5.32 Å². The number of ether oxygens (including phenoxy) is 2. The molecule has 8 heteroatoms. The lowest BCUT2D eigenvalue weighted by atomic mass is 10.1. The van der Waals surface area contributed by atoms with Crippen LogP contribution in [0.4, 0.5) is 10.1 Å². The van der Waals surface area contributed by atoms with Crippen molar-refractivity contribution in [2.75, 3.05) is 19.5 Å². The molecule has 0 aliphatic heterocycles. The summed E-state index contributed by atoms with van der Waals surface area (Å²) in [4.78, 5) is 35.9. The van der Waals surface area contributed by atoms with Crippen LogP contribution in [0.25, 0.3) is 0 Å². The number of anilines is 1. The number of halogens is 1. The summed E-state index contributed by atoms with van der Waals surface area (Å²) in [6, 6.07) is 12.2. The van der Waals surface area contributed by atoms with Crippen molar-refractivity contribution in [1.29, 1.82) is 0 Å². The standard InChI is InChI=1S/C20H19FN2O5/c1-27-18(24)11-17(20(26)28-2)23-16-6-4-3-5-15(16)19(25)22-12-13-7-9-14(21)10-8-13/h3-11,23H,12H2,1-2H3,(H,22,25)/b17-11+. The van der Waals surface area contributed by atoms with Crippen LogP contribution in [0.3, 0.4) is 0 Å². The average molecular weight is 386 g/mol. The maximum Gasteiger partial charge on any atom is 0.354 e. The van der Waals surface area contributed by atoms with Gasteiger partial charge in [0.2, 0.25) is 0 Å².